The van der Waals surface area contributed by atoms with Crippen LogP contribution in [0.1, 0.15) is 25.3 Å². The molecule has 0 atom stereocenters. The van der Waals surface area contributed by atoms with Gasteiger partial charge in [-0.05, 0) is 37.5 Å². The van der Waals surface area contributed by atoms with Crippen molar-refractivity contribution in [1.29, 1.82) is 0 Å². The van der Waals surface area contributed by atoms with Crippen molar-refractivity contribution in [3.05, 3.63) is 29.8 Å². The van der Waals surface area contributed by atoms with Crippen LogP contribution in [-0.4, -0.2) is 62.5 Å². The molecule has 1 amide bonds. The Balaban J connectivity index is 1.79. The minimum atomic E-state index is -4.37. The second-order valence-corrected chi connectivity index (χ2v) is 6.58. The van der Waals surface area contributed by atoms with Crippen LogP contribution in [0, 0.1) is 0 Å². The standard InChI is InChI=1S/C19H27F3N4O3/c1-3-28-18(27)26-9-7-15(8-10-26)25-17(23-2)24-12-14-5-4-6-16(11-14)29-13-19(20,21)22/h4-6,11,15H,3,7-10,12-13H2,1-2H3,(H2,23,24,25). The highest BCUT2D eigenvalue weighted by Gasteiger charge is 2.28. The Morgan fingerprint density at radius 1 is 1.31 bits per heavy atom. The Kier molecular flexibility index (Phi) is 8.41. The van der Waals surface area contributed by atoms with Crippen molar-refractivity contribution >= 4 is 12.1 Å². The Hall–Kier alpha value is -2.65. The number of nitrogens with zero attached hydrogens (tertiary/aromatic N) is 2. The van der Waals surface area contributed by atoms with Gasteiger partial charge in [-0.25, -0.2) is 4.79 Å². The van der Waals surface area contributed by atoms with Crippen LogP contribution >= 0.6 is 0 Å². The van der Waals surface area contributed by atoms with E-state index in [-0.39, 0.29) is 17.9 Å². The molecule has 0 saturated carbocycles. The monoisotopic (exact) mass is 416 g/mol. The highest BCUT2D eigenvalue weighted by Crippen LogP contribution is 2.19. The Labute approximate surface area is 168 Å². The second kappa shape index (κ2) is 10.8. The maximum Gasteiger partial charge on any atom is 0.422 e. The van der Waals surface area contributed by atoms with Crippen LogP contribution in [0.3, 0.4) is 0 Å². The molecule has 0 bridgehead atoms. The van der Waals surface area contributed by atoms with Crippen LogP contribution in [0.2, 0.25) is 0 Å². The molecular formula is C19H27F3N4O3. The van der Waals surface area contributed by atoms with E-state index < -0.39 is 12.8 Å². The van der Waals surface area contributed by atoms with Gasteiger partial charge in [0.25, 0.3) is 0 Å². The number of amides is 1. The first kappa shape index (κ1) is 22.6. The van der Waals surface area contributed by atoms with Crippen molar-refractivity contribution < 1.29 is 27.4 Å². The van der Waals surface area contributed by atoms with Gasteiger partial charge in [0, 0.05) is 32.7 Å². The molecule has 0 radical (unpaired) electrons. The molecule has 2 rings (SSSR count). The van der Waals surface area contributed by atoms with Crippen LogP contribution in [0.4, 0.5) is 18.0 Å². The number of likely N-dealkylation sites (tertiary alicyclic amines) is 1. The van der Waals surface area contributed by atoms with E-state index in [1.807, 2.05) is 0 Å². The molecular weight excluding hydrogens is 389 g/mol. The zero-order valence-electron chi connectivity index (χ0n) is 16.6. The van der Waals surface area contributed by atoms with Gasteiger partial charge < -0.3 is 25.0 Å². The van der Waals surface area contributed by atoms with Gasteiger partial charge in [-0.15, -0.1) is 0 Å². The highest BCUT2D eigenvalue weighted by molar-refractivity contribution is 5.80. The quantitative estimate of drug-likeness (QED) is 0.551. The van der Waals surface area contributed by atoms with Gasteiger partial charge in [-0.3, -0.25) is 4.99 Å². The van der Waals surface area contributed by atoms with Crippen LogP contribution in [0.25, 0.3) is 0 Å². The van der Waals surface area contributed by atoms with Gasteiger partial charge in [0.1, 0.15) is 5.75 Å². The summed E-state index contributed by atoms with van der Waals surface area (Å²) in [6.45, 7) is 2.40. The normalized spacial score (nSPS) is 15.8. The molecule has 0 aromatic heterocycles. The fourth-order valence-corrected chi connectivity index (χ4v) is 2.91. The minimum Gasteiger partial charge on any atom is -0.484 e. The van der Waals surface area contributed by atoms with Gasteiger partial charge >= 0.3 is 12.3 Å². The number of benzene rings is 1. The van der Waals surface area contributed by atoms with Crippen LogP contribution in [0.15, 0.2) is 29.3 Å². The first-order chi connectivity index (χ1) is 13.8. The lowest BCUT2D eigenvalue weighted by molar-refractivity contribution is -0.153. The number of carbonyl (C=O) groups excluding carboxylic acids is 1. The van der Waals surface area contributed by atoms with E-state index in [1.165, 1.54) is 6.07 Å². The lowest BCUT2D eigenvalue weighted by Gasteiger charge is -2.32. The molecule has 0 unspecified atom stereocenters. The molecule has 162 valence electrons. The lowest BCUT2D eigenvalue weighted by Crippen LogP contribution is -2.49. The van der Waals surface area contributed by atoms with E-state index in [4.69, 9.17) is 9.47 Å². The van der Waals surface area contributed by atoms with Gasteiger partial charge in [-0.1, -0.05) is 12.1 Å². The summed E-state index contributed by atoms with van der Waals surface area (Å²) in [5.41, 5.74) is 0.768. The summed E-state index contributed by atoms with van der Waals surface area (Å²) in [5.74, 6) is 0.747. The number of rotatable bonds is 6. The van der Waals surface area contributed by atoms with Gasteiger partial charge in [0.05, 0.1) is 6.61 Å². The van der Waals surface area contributed by atoms with E-state index in [9.17, 15) is 18.0 Å². The highest BCUT2D eigenvalue weighted by atomic mass is 19.4. The van der Waals surface area contributed by atoms with E-state index in [0.29, 0.717) is 32.2 Å². The summed E-state index contributed by atoms with van der Waals surface area (Å²) in [6.07, 6.45) is -3.13. The molecule has 1 aromatic rings. The number of halogens is 3. The smallest absolute Gasteiger partial charge is 0.422 e. The van der Waals surface area contributed by atoms with E-state index >= 15 is 0 Å². The number of nitrogens with one attached hydrogen (secondary N) is 2. The summed E-state index contributed by atoms with van der Waals surface area (Å²) < 4.78 is 46.6. The fourth-order valence-electron chi connectivity index (χ4n) is 2.91. The number of ether oxygens (including phenoxy) is 2. The Morgan fingerprint density at radius 3 is 2.66 bits per heavy atom. The van der Waals surface area contributed by atoms with Gasteiger partial charge in [0.15, 0.2) is 12.6 Å². The van der Waals surface area contributed by atoms with Crippen molar-refractivity contribution in [3.63, 3.8) is 0 Å². The second-order valence-electron chi connectivity index (χ2n) is 6.58. The molecule has 29 heavy (non-hydrogen) atoms. The summed E-state index contributed by atoms with van der Waals surface area (Å²) in [4.78, 5) is 17.6. The number of guanidine groups is 1. The van der Waals surface area contributed by atoms with Crippen LogP contribution < -0.4 is 15.4 Å². The molecule has 1 aliphatic rings. The lowest BCUT2D eigenvalue weighted by atomic mass is 10.1. The van der Waals surface area contributed by atoms with Gasteiger partial charge in [0.2, 0.25) is 0 Å². The van der Waals surface area contributed by atoms with Crippen molar-refractivity contribution in [1.82, 2.24) is 15.5 Å². The van der Waals surface area contributed by atoms with E-state index in [1.54, 1.807) is 37.1 Å². The molecule has 1 heterocycles. The fraction of sp³-hybridized carbons (Fsp3) is 0.579. The van der Waals surface area contributed by atoms with E-state index in [2.05, 4.69) is 15.6 Å². The number of hydrogen-bond acceptors (Lipinski definition) is 4. The molecule has 0 aliphatic carbocycles. The largest absolute Gasteiger partial charge is 0.484 e. The van der Waals surface area contributed by atoms with Crippen molar-refractivity contribution in [2.45, 2.75) is 38.5 Å². The zero-order chi connectivity index (χ0) is 21.3. The Bertz CT molecular complexity index is 690. The molecule has 1 saturated heterocycles. The predicted molar refractivity (Wildman–Crippen MR) is 103 cm³/mol. The summed E-state index contributed by atoms with van der Waals surface area (Å²) in [5, 5.41) is 6.45. The topological polar surface area (TPSA) is 75.2 Å². The third-order valence-corrected chi connectivity index (χ3v) is 4.35. The number of alkyl halides is 3. The third-order valence-electron chi connectivity index (χ3n) is 4.35. The van der Waals surface area contributed by atoms with Crippen molar-refractivity contribution in [2.24, 2.45) is 4.99 Å². The molecule has 1 fully saturated rings. The first-order valence-corrected chi connectivity index (χ1v) is 9.48. The van der Waals surface area contributed by atoms with E-state index in [0.717, 1.165) is 18.4 Å². The predicted octanol–water partition coefficient (Wildman–Crippen LogP) is 2.91. The molecule has 1 aliphatic heterocycles. The number of carbonyl (C=O) groups is 1. The van der Waals surface area contributed by atoms with Crippen molar-refractivity contribution in [3.8, 4) is 5.75 Å². The molecule has 1 aromatic carbocycles. The number of hydrogen-bond donors (Lipinski definition) is 2. The number of piperidine rings is 1. The Morgan fingerprint density at radius 2 is 2.03 bits per heavy atom. The minimum absolute atomic E-state index is 0.160. The summed E-state index contributed by atoms with van der Waals surface area (Å²) >= 11 is 0. The molecule has 2 N–H and O–H groups in total. The summed E-state index contributed by atoms with van der Waals surface area (Å²) in [7, 11) is 1.64. The van der Waals surface area contributed by atoms with Gasteiger partial charge in [-0.2, -0.15) is 13.2 Å². The summed E-state index contributed by atoms with van der Waals surface area (Å²) in [6, 6.07) is 6.64. The zero-order valence-corrected chi connectivity index (χ0v) is 16.6. The average molecular weight is 416 g/mol. The average Bonchev–Trinajstić information content (AvgIpc) is 2.70. The van der Waals surface area contributed by atoms with Crippen LogP contribution in [0.5, 0.6) is 5.75 Å². The SMILES string of the molecule is CCOC(=O)N1CCC(NC(=NC)NCc2cccc(OCC(F)(F)F)c2)CC1. The molecule has 7 nitrogen and oxygen atoms in total. The third kappa shape index (κ3) is 8.08. The molecule has 0 spiro atoms. The maximum atomic E-state index is 12.3. The molecule has 10 heteroatoms. The van der Waals surface area contributed by atoms with Crippen molar-refractivity contribution in [2.75, 3.05) is 33.4 Å². The maximum absolute atomic E-state index is 12.3. The number of aliphatic imine (C=N–C) groups is 1. The van der Waals surface area contributed by atoms with Crippen LogP contribution in [-0.2, 0) is 11.3 Å². The first-order valence-electron chi connectivity index (χ1n) is 9.48.